The van der Waals surface area contributed by atoms with Crippen LogP contribution in [0, 0.1) is 11.3 Å². The standard InChI is InChI=1S/C14H23N7O/c1-19(2)9-12(22)10-20-3-5-21(6-4-20)14-17-8-11(7-15)13(16)18-14/h8,12,22H,3-6,9-10H2,1-2H3,(H2,16,17,18)/t12-/m1/s1. The molecular formula is C14H23N7O. The van der Waals surface area contributed by atoms with Crippen LogP contribution in [0.15, 0.2) is 6.20 Å². The molecular weight excluding hydrogens is 282 g/mol. The third kappa shape index (κ3) is 4.27. The van der Waals surface area contributed by atoms with Crippen molar-refractivity contribution in [3.8, 4) is 6.07 Å². The Morgan fingerprint density at radius 3 is 2.64 bits per heavy atom. The van der Waals surface area contributed by atoms with Crippen molar-refractivity contribution >= 4 is 11.8 Å². The maximum Gasteiger partial charge on any atom is 0.227 e. The van der Waals surface area contributed by atoms with Crippen LogP contribution in [-0.4, -0.2) is 84.3 Å². The number of piperazine rings is 1. The van der Waals surface area contributed by atoms with E-state index in [9.17, 15) is 5.11 Å². The number of β-amino-alcohol motifs (C(OH)–C–C–N with tert-alkyl or cyclic N) is 1. The Morgan fingerprint density at radius 1 is 1.41 bits per heavy atom. The second kappa shape index (κ2) is 7.35. The van der Waals surface area contributed by atoms with Gasteiger partial charge in [-0.05, 0) is 14.1 Å². The lowest BCUT2D eigenvalue weighted by Crippen LogP contribution is -2.50. The lowest BCUT2D eigenvalue weighted by atomic mass is 10.2. The Balaban J connectivity index is 1.87. The van der Waals surface area contributed by atoms with E-state index in [0.29, 0.717) is 24.6 Å². The maximum absolute atomic E-state index is 9.98. The molecule has 0 aromatic carbocycles. The van der Waals surface area contributed by atoms with Gasteiger partial charge in [-0.3, -0.25) is 4.90 Å². The molecule has 1 saturated heterocycles. The molecule has 2 heterocycles. The van der Waals surface area contributed by atoms with Crippen LogP contribution in [-0.2, 0) is 0 Å². The molecule has 3 N–H and O–H groups in total. The molecule has 8 heteroatoms. The molecule has 8 nitrogen and oxygen atoms in total. The van der Waals surface area contributed by atoms with E-state index in [4.69, 9.17) is 11.0 Å². The Bertz CT molecular complexity index is 534. The van der Waals surface area contributed by atoms with Crippen molar-refractivity contribution < 1.29 is 5.11 Å². The van der Waals surface area contributed by atoms with Crippen molar-refractivity contribution in [3.05, 3.63) is 11.8 Å². The fourth-order valence-electron chi connectivity index (χ4n) is 2.53. The van der Waals surface area contributed by atoms with Gasteiger partial charge in [-0.15, -0.1) is 0 Å². The number of likely N-dealkylation sites (N-methyl/N-ethyl adjacent to an activating group) is 1. The summed E-state index contributed by atoms with van der Waals surface area (Å²) in [5, 5.41) is 18.8. The zero-order chi connectivity index (χ0) is 16.1. The first kappa shape index (κ1) is 16.4. The van der Waals surface area contributed by atoms with Crippen LogP contribution in [0.5, 0.6) is 0 Å². The van der Waals surface area contributed by atoms with Crippen LogP contribution in [0.25, 0.3) is 0 Å². The van der Waals surface area contributed by atoms with E-state index in [1.165, 1.54) is 6.20 Å². The number of aromatic nitrogens is 2. The number of anilines is 2. The van der Waals surface area contributed by atoms with Crippen molar-refractivity contribution in [2.24, 2.45) is 0 Å². The molecule has 22 heavy (non-hydrogen) atoms. The van der Waals surface area contributed by atoms with Gasteiger partial charge in [0.1, 0.15) is 17.5 Å². The second-order valence-corrected chi connectivity index (χ2v) is 5.78. The highest BCUT2D eigenvalue weighted by molar-refractivity contribution is 5.50. The first-order chi connectivity index (χ1) is 10.5. The number of nitrogens with zero attached hydrogens (tertiary/aromatic N) is 6. The number of rotatable bonds is 5. The van der Waals surface area contributed by atoms with Gasteiger partial charge >= 0.3 is 0 Å². The van der Waals surface area contributed by atoms with Crippen LogP contribution in [0.3, 0.4) is 0 Å². The first-order valence-electron chi connectivity index (χ1n) is 7.32. The summed E-state index contributed by atoms with van der Waals surface area (Å²) in [6, 6.07) is 1.96. The highest BCUT2D eigenvalue weighted by Crippen LogP contribution is 2.15. The van der Waals surface area contributed by atoms with Gasteiger partial charge in [0.15, 0.2) is 0 Å². The van der Waals surface area contributed by atoms with Crippen molar-refractivity contribution in [3.63, 3.8) is 0 Å². The Kier molecular flexibility index (Phi) is 5.49. The third-order valence-corrected chi connectivity index (χ3v) is 3.63. The summed E-state index contributed by atoms with van der Waals surface area (Å²) >= 11 is 0. The monoisotopic (exact) mass is 305 g/mol. The predicted molar refractivity (Wildman–Crippen MR) is 84.4 cm³/mol. The van der Waals surface area contributed by atoms with Gasteiger partial charge in [0.2, 0.25) is 5.95 Å². The van der Waals surface area contributed by atoms with Crippen LogP contribution in [0.2, 0.25) is 0 Å². The number of hydrogen-bond acceptors (Lipinski definition) is 8. The average molecular weight is 305 g/mol. The second-order valence-electron chi connectivity index (χ2n) is 5.78. The maximum atomic E-state index is 9.98. The molecule has 1 atom stereocenters. The summed E-state index contributed by atoms with van der Waals surface area (Å²) in [6.45, 7) is 4.57. The molecule has 120 valence electrons. The lowest BCUT2D eigenvalue weighted by molar-refractivity contribution is 0.0859. The summed E-state index contributed by atoms with van der Waals surface area (Å²) in [5.41, 5.74) is 6.03. The molecule has 1 aromatic heterocycles. The highest BCUT2D eigenvalue weighted by atomic mass is 16.3. The molecule has 0 spiro atoms. The van der Waals surface area contributed by atoms with Crippen molar-refractivity contribution in [2.45, 2.75) is 6.10 Å². The van der Waals surface area contributed by atoms with E-state index in [1.54, 1.807) is 0 Å². The number of hydrogen-bond donors (Lipinski definition) is 2. The topological polar surface area (TPSA) is 106 Å². The van der Waals surface area contributed by atoms with E-state index < -0.39 is 0 Å². The largest absolute Gasteiger partial charge is 0.390 e. The van der Waals surface area contributed by atoms with E-state index in [-0.39, 0.29) is 11.9 Å². The Morgan fingerprint density at radius 2 is 2.09 bits per heavy atom. The van der Waals surface area contributed by atoms with Gasteiger partial charge in [0, 0.05) is 39.3 Å². The minimum absolute atomic E-state index is 0.219. The van der Waals surface area contributed by atoms with Crippen LogP contribution >= 0.6 is 0 Å². The minimum atomic E-state index is -0.344. The molecule has 0 unspecified atom stereocenters. The molecule has 0 amide bonds. The van der Waals surface area contributed by atoms with E-state index >= 15 is 0 Å². The zero-order valence-corrected chi connectivity index (χ0v) is 13.1. The van der Waals surface area contributed by atoms with Crippen LogP contribution in [0.1, 0.15) is 5.56 Å². The van der Waals surface area contributed by atoms with Crippen molar-refractivity contribution in [1.29, 1.82) is 5.26 Å². The molecule has 0 bridgehead atoms. The average Bonchev–Trinajstić information content (AvgIpc) is 2.47. The zero-order valence-electron chi connectivity index (χ0n) is 13.1. The third-order valence-electron chi connectivity index (χ3n) is 3.63. The first-order valence-corrected chi connectivity index (χ1v) is 7.32. The lowest BCUT2D eigenvalue weighted by Gasteiger charge is -2.35. The minimum Gasteiger partial charge on any atom is -0.390 e. The van der Waals surface area contributed by atoms with Crippen LogP contribution in [0.4, 0.5) is 11.8 Å². The van der Waals surface area contributed by atoms with Gasteiger partial charge < -0.3 is 20.6 Å². The molecule has 1 aliphatic rings. The smallest absolute Gasteiger partial charge is 0.227 e. The number of aliphatic hydroxyl groups excluding tert-OH is 1. The molecule has 2 rings (SSSR count). The molecule has 1 aromatic rings. The van der Waals surface area contributed by atoms with Gasteiger partial charge in [0.25, 0.3) is 0 Å². The summed E-state index contributed by atoms with van der Waals surface area (Å²) in [6.07, 6.45) is 1.12. The SMILES string of the molecule is CN(C)C[C@@H](O)CN1CCN(c2ncc(C#N)c(N)n2)CC1. The fraction of sp³-hybridized carbons (Fsp3) is 0.643. The van der Waals surface area contributed by atoms with E-state index in [1.807, 2.05) is 30.0 Å². The molecule has 1 fully saturated rings. The molecule has 1 aliphatic heterocycles. The normalized spacial score (nSPS) is 17.5. The summed E-state index contributed by atoms with van der Waals surface area (Å²) in [5.74, 6) is 0.779. The van der Waals surface area contributed by atoms with Gasteiger partial charge in [-0.1, -0.05) is 0 Å². The summed E-state index contributed by atoms with van der Waals surface area (Å²) < 4.78 is 0. The summed E-state index contributed by atoms with van der Waals surface area (Å²) in [4.78, 5) is 14.6. The fourth-order valence-corrected chi connectivity index (χ4v) is 2.53. The van der Waals surface area contributed by atoms with E-state index in [2.05, 4.69) is 14.9 Å². The summed E-state index contributed by atoms with van der Waals surface area (Å²) in [7, 11) is 3.90. The molecule has 0 radical (unpaired) electrons. The quantitative estimate of drug-likeness (QED) is 0.712. The predicted octanol–water partition coefficient (Wildman–Crippen LogP) is -1.03. The molecule has 0 saturated carbocycles. The number of aliphatic hydroxyl groups is 1. The van der Waals surface area contributed by atoms with Gasteiger partial charge in [0.05, 0.1) is 12.3 Å². The Hall–Kier alpha value is -1.95. The highest BCUT2D eigenvalue weighted by Gasteiger charge is 2.21. The van der Waals surface area contributed by atoms with Crippen molar-refractivity contribution in [1.82, 2.24) is 19.8 Å². The number of nitriles is 1. The van der Waals surface area contributed by atoms with Gasteiger partial charge in [-0.2, -0.15) is 10.2 Å². The molecule has 0 aliphatic carbocycles. The van der Waals surface area contributed by atoms with E-state index in [0.717, 1.165) is 26.2 Å². The number of nitrogens with two attached hydrogens (primary N) is 1. The number of nitrogen functional groups attached to an aromatic ring is 1. The Labute approximate surface area is 130 Å². The van der Waals surface area contributed by atoms with Gasteiger partial charge in [-0.25, -0.2) is 4.98 Å². The van der Waals surface area contributed by atoms with Crippen molar-refractivity contribution in [2.75, 3.05) is 64.0 Å². The van der Waals surface area contributed by atoms with Crippen LogP contribution < -0.4 is 10.6 Å².